The molecule has 28 heavy (non-hydrogen) atoms. The van der Waals surface area contributed by atoms with E-state index in [2.05, 4.69) is 0 Å². The van der Waals surface area contributed by atoms with Crippen molar-refractivity contribution in [3.63, 3.8) is 0 Å². The number of rotatable bonds is 6. The average molecular weight is 403 g/mol. The Bertz CT molecular complexity index is 838. The van der Waals surface area contributed by atoms with Crippen molar-refractivity contribution in [2.45, 2.75) is 26.3 Å². The first kappa shape index (κ1) is 20.6. The second-order valence-electron chi connectivity index (χ2n) is 6.99. The summed E-state index contributed by atoms with van der Waals surface area (Å²) in [6.45, 7) is 4.73. The van der Waals surface area contributed by atoms with Crippen molar-refractivity contribution in [3.8, 4) is 11.5 Å². The van der Waals surface area contributed by atoms with E-state index >= 15 is 0 Å². The maximum Gasteiger partial charge on any atom is 0.323 e. The minimum absolute atomic E-state index is 0.0665. The molecule has 2 aromatic rings. The van der Waals surface area contributed by atoms with E-state index in [0.29, 0.717) is 30.6 Å². The van der Waals surface area contributed by atoms with E-state index in [1.54, 1.807) is 28.9 Å². The molecule has 0 radical (unpaired) electrons. The number of benzene rings is 2. The average Bonchev–Trinajstić information content (AvgIpc) is 2.70. The number of methoxy groups -OCH3 is 1. The predicted molar refractivity (Wildman–Crippen MR) is 108 cm³/mol. The van der Waals surface area contributed by atoms with Crippen LogP contribution in [0.4, 0.5) is 0 Å². The van der Waals surface area contributed by atoms with Crippen LogP contribution in [0.1, 0.15) is 20.3 Å². The summed E-state index contributed by atoms with van der Waals surface area (Å²) in [5, 5.41) is 0.544. The van der Waals surface area contributed by atoms with Gasteiger partial charge in [0.05, 0.1) is 19.0 Å². The Kier molecular flexibility index (Phi) is 6.55. The molecule has 2 aromatic carbocycles. The van der Waals surface area contributed by atoms with Gasteiger partial charge >= 0.3 is 13.5 Å². The molecule has 1 fully saturated rings. The van der Waals surface area contributed by atoms with Crippen molar-refractivity contribution in [1.29, 1.82) is 0 Å². The molecule has 0 aliphatic carbocycles. The largest absolute Gasteiger partial charge is 0.468 e. The molecule has 3 rings (SSSR count). The molecule has 0 aromatic heterocycles. The monoisotopic (exact) mass is 403 g/mol. The highest BCUT2D eigenvalue weighted by atomic mass is 31.2. The topological polar surface area (TPSA) is 65.1 Å². The molecule has 1 heterocycles. The van der Waals surface area contributed by atoms with Gasteiger partial charge in [-0.3, -0.25) is 9.36 Å². The van der Waals surface area contributed by atoms with Gasteiger partial charge in [-0.25, -0.2) is 4.67 Å². The molecule has 1 aliphatic rings. The summed E-state index contributed by atoms with van der Waals surface area (Å²) in [6, 6.07) is 15.8. The molecule has 1 unspecified atom stereocenters. The summed E-state index contributed by atoms with van der Waals surface area (Å²) < 4.78 is 32.1. The van der Waals surface area contributed by atoms with E-state index in [1.807, 2.05) is 44.2 Å². The third kappa shape index (κ3) is 4.30. The quantitative estimate of drug-likeness (QED) is 0.532. The predicted octanol–water partition coefficient (Wildman–Crippen LogP) is 4.22. The minimum Gasteiger partial charge on any atom is -0.468 e. The first-order chi connectivity index (χ1) is 13.5. The van der Waals surface area contributed by atoms with Gasteiger partial charge in [0, 0.05) is 6.54 Å². The lowest BCUT2D eigenvalue weighted by atomic mass is 10.0. The Morgan fingerprint density at radius 1 is 1.07 bits per heavy atom. The van der Waals surface area contributed by atoms with Crippen LogP contribution in [0.5, 0.6) is 11.5 Å². The van der Waals surface area contributed by atoms with Crippen molar-refractivity contribution in [2.75, 3.05) is 20.3 Å². The molecule has 0 bridgehead atoms. The van der Waals surface area contributed by atoms with Gasteiger partial charge in [0.1, 0.15) is 17.5 Å². The normalized spacial score (nSPS) is 21.3. The SMILES string of the molecule is COC(=O)[C@@H](C(C)C)N1CCCOP1(=O)c1ccc(Oc2ccccc2)cc1. The fourth-order valence-corrected chi connectivity index (χ4v) is 5.92. The summed E-state index contributed by atoms with van der Waals surface area (Å²) in [4.78, 5) is 12.4. The first-order valence-electron chi connectivity index (χ1n) is 9.39. The Hall–Kier alpha value is -2.14. The van der Waals surface area contributed by atoms with Crippen LogP contribution in [-0.2, 0) is 18.6 Å². The summed E-state index contributed by atoms with van der Waals surface area (Å²) in [5.41, 5.74) is 0. The Morgan fingerprint density at radius 3 is 2.32 bits per heavy atom. The Balaban J connectivity index is 1.88. The van der Waals surface area contributed by atoms with E-state index in [-0.39, 0.29) is 5.92 Å². The minimum atomic E-state index is -3.38. The lowest BCUT2D eigenvalue weighted by molar-refractivity contribution is -0.147. The second kappa shape index (κ2) is 8.91. The van der Waals surface area contributed by atoms with Crippen molar-refractivity contribution in [3.05, 3.63) is 54.6 Å². The third-order valence-corrected chi connectivity index (χ3v) is 7.28. The molecule has 0 saturated carbocycles. The highest BCUT2D eigenvalue weighted by Gasteiger charge is 2.45. The van der Waals surface area contributed by atoms with Gasteiger partial charge in [-0.15, -0.1) is 0 Å². The van der Waals surface area contributed by atoms with Crippen LogP contribution in [0.2, 0.25) is 0 Å². The lowest BCUT2D eigenvalue weighted by Gasteiger charge is -2.40. The smallest absolute Gasteiger partial charge is 0.323 e. The number of hydrogen-bond acceptors (Lipinski definition) is 5. The van der Waals surface area contributed by atoms with Gasteiger partial charge in [-0.2, -0.15) is 0 Å². The van der Waals surface area contributed by atoms with Crippen molar-refractivity contribution >= 4 is 18.8 Å². The Morgan fingerprint density at radius 2 is 1.71 bits per heavy atom. The van der Waals surface area contributed by atoms with Gasteiger partial charge in [-0.1, -0.05) is 32.0 Å². The van der Waals surface area contributed by atoms with Crippen molar-refractivity contribution in [1.82, 2.24) is 4.67 Å². The molecule has 2 atom stereocenters. The number of esters is 1. The summed E-state index contributed by atoms with van der Waals surface area (Å²) in [5.74, 6) is 0.898. The van der Waals surface area contributed by atoms with Crippen LogP contribution in [0, 0.1) is 5.92 Å². The van der Waals surface area contributed by atoms with Crippen LogP contribution in [0.3, 0.4) is 0 Å². The van der Waals surface area contributed by atoms with Gasteiger partial charge < -0.3 is 14.0 Å². The molecule has 6 nitrogen and oxygen atoms in total. The van der Waals surface area contributed by atoms with Crippen LogP contribution < -0.4 is 10.0 Å². The third-order valence-electron chi connectivity index (χ3n) is 4.67. The van der Waals surface area contributed by atoms with E-state index in [0.717, 1.165) is 5.75 Å². The molecule has 1 aliphatic heterocycles. The van der Waals surface area contributed by atoms with Gasteiger partial charge in [0.15, 0.2) is 0 Å². The molecular formula is C21H26NO5P. The molecule has 1 saturated heterocycles. The summed E-state index contributed by atoms with van der Waals surface area (Å²) in [6.07, 6.45) is 0.708. The van der Waals surface area contributed by atoms with E-state index in [4.69, 9.17) is 14.0 Å². The maximum absolute atomic E-state index is 13.9. The lowest BCUT2D eigenvalue weighted by Crippen LogP contribution is -2.47. The Labute approximate surface area is 165 Å². The number of hydrogen-bond donors (Lipinski definition) is 0. The molecular weight excluding hydrogens is 377 g/mol. The molecule has 0 amide bonds. The number of nitrogens with zero attached hydrogens (tertiary/aromatic N) is 1. The standard InChI is InChI=1S/C21H26NO5P/c1-16(2)20(21(23)25-3)22-14-7-15-26-28(22,24)19-12-10-18(11-13-19)27-17-8-5-4-6-9-17/h4-6,8-13,16,20H,7,14-15H2,1-3H3/t20-,28?/m1/s1. The number of carbonyl (C=O) groups is 1. The van der Waals surface area contributed by atoms with Crippen LogP contribution in [-0.4, -0.2) is 36.9 Å². The second-order valence-corrected chi connectivity index (χ2v) is 9.32. The zero-order valence-corrected chi connectivity index (χ0v) is 17.3. The van der Waals surface area contributed by atoms with E-state index in [1.165, 1.54) is 7.11 Å². The van der Waals surface area contributed by atoms with Crippen molar-refractivity contribution < 1.29 is 23.4 Å². The van der Waals surface area contributed by atoms with E-state index in [9.17, 15) is 9.36 Å². The molecule has 7 heteroatoms. The summed E-state index contributed by atoms with van der Waals surface area (Å²) in [7, 11) is -2.03. The highest BCUT2D eigenvalue weighted by molar-refractivity contribution is 7.64. The number of ether oxygens (including phenoxy) is 2. The summed E-state index contributed by atoms with van der Waals surface area (Å²) >= 11 is 0. The first-order valence-corrected chi connectivity index (χ1v) is 11.0. The fraction of sp³-hybridized carbons (Fsp3) is 0.381. The van der Waals surface area contributed by atoms with Gasteiger partial charge in [0.2, 0.25) is 0 Å². The highest BCUT2D eigenvalue weighted by Crippen LogP contribution is 2.54. The van der Waals surface area contributed by atoms with Crippen LogP contribution in [0.25, 0.3) is 0 Å². The molecule has 0 spiro atoms. The van der Waals surface area contributed by atoms with E-state index < -0.39 is 19.5 Å². The number of para-hydroxylation sites is 1. The zero-order valence-electron chi connectivity index (χ0n) is 16.4. The van der Waals surface area contributed by atoms with Crippen molar-refractivity contribution in [2.24, 2.45) is 5.92 Å². The van der Waals surface area contributed by atoms with Crippen LogP contribution in [0.15, 0.2) is 54.6 Å². The van der Waals surface area contributed by atoms with Crippen LogP contribution >= 0.6 is 7.52 Å². The number of carbonyl (C=O) groups excluding carboxylic acids is 1. The van der Waals surface area contributed by atoms with Gasteiger partial charge in [0.25, 0.3) is 0 Å². The zero-order chi connectivity index (χ0) is 20.1. The molecule has 150 valence electrons. The maximum atomic E-state index is 13.9. The fourth-order valence-electron chi connectivity index (χ4n) is 3.33. The molecule has 0 N–H and O–H groups in total. The van der Waals surface area contributed by atoms with Gasteiger partial charge in [-0.05, 0) is 48.7 Å².